The molecule has 0 aliphatic heterocycles. The second-order valence-electron chi connectivity index (χ2n) is 3.59. The Balaban J connectivity index is 2.74. The van der Waals surface area contributed by atoms with Crippen LogP contribution in [0.4, 0.5) is 5.69 Å². The number of aliphatic imine (C=N–C) groups is 1. The molecule has 0 aliphatic carbocycles. The average molecular weight is 236 g/mol. The number of nitrogens with two attached hydrogens (primary N) is 2. The quantitative estimate of drug-likeness (QED) is 0.418. The first-order chi connectivity index (χ1) is 8.02. The third-order valence-electron chi connectivity index (χ3n) is 2.28. The Morgan fingerprint density at radius 2 is 2.00 bits per heavy atom. The monoisotopic (exact) mass is 236 g/mol. The molecule has 0 amide bonds. The van der Waals surface area contributed by atoms with Gasteiger partial charge in [-0.3, -0.25) is 4.79 Å². The lowest BCUT2D eigenvalue weighted by atomic mass is 10.1. The highest BCUT2D eigenvalue weighted by Crippen LogP contribution is 2.13. The summed E-state index contributed by atoms with van der Waals surface area (Å²) in [5.41, 5.74) is 12.0. The summed E-state index contributed by atoms with van der Waals surface area (Å²) >= 11 is 0. The Kier molecular flexibility index (Phi) is 4.47. The predicted octanol–water partition coefficient (Wildman–Crippen LogP) is -0.193. The molecule has 1 rings (SSSR count). The first kappa shape index (κ1) is 13.0. The summed E-state index contributed by atoms with van der Waals surface area (Å²) in [6, 6.07) is 6.49. The number of hydrogen-bond donors (Lipinski definition) is 4. The van der Waals surface area contributed by atoms with E-state index in [0.29, 0.717) is 12.1 Å². The lowest BCUT2D eigenvalue weighted by Crippen LogP contribution is -2.35. The Labute approximate surface area is 99.3 Å². The number of guanidine groups is 1. The molecule has 1 aromatic carbocycles. The van der Waals surface area contributed by atoms with E-state index < -0.39 is 12.0 Å². The molecule has 17 heavy (non-hydrogen) atoms. The van der Waals surface area contributed by atoms with Crippen molar-refractivity contribution < 1.29 is 9.90 Å². The number of carboxylic acid groups (broad SMARTS) is 1. The molecule has 0 aliphatic rings. The zero-order valence-corrected chi connectivity index (χ0v) is 9.55. The zero-order valence-electron chi connectivity index (χ0n) is 9.55. The molecule has 6 N–H and O–H groups in total. The van der Waals surface area contributed by atoms with Gasteiger partial charge in [0.05, 0.1) is 5.69 Å². The number of aliphatic carboxylic acids is 1. The van der Waals surface area contributed by atoms with Gasteiger partial charge >= 0.3 is 5.97 Å². The molecule has 0 fully saturated rings. The third-order valence-corrected chi connectivity index (χ3v) is 2.28. The van der Waals surface area contributed by atoms with E-state index in [9.17, 15) is 4.79 Å². The number of likely N-dealkylation sites (N-methyl/N-ethyl adjacent to an activating group) is 1. The van der Waals surface area contributed by atoms with Crippen LogP contribution < -0.4 is 16.8 Å². The highest BCUT2D eigenvalue weighted by atomic mass is 16.4. The molecule has 1 unspecified atom stereocenters. The molecule has 0 aromatic heterocycles. The summed E-state index contributed by atoms with van der Waals surface area (Å²) in [6.07, 6.45) is 0.411. The number of carbonyl (C=O) groups is 1. The fraction of sp³-hybridized carbons (Fsp3) is 0.273. The Hall–Kier alpha value is -2.08. The van der Waals surface area contributed by atoms with E-state index >= 15 is 0 Å². The van der Waals surface area contributed by atoms with Gasteiger partial charge in [0.1, 0.15) is 6.04 Å². The molecular formula is C11H16N4O2. The van der Waals surface area contributed by atoms with Crippen LogP contribution in [-0.2, 0) is 11.2 Å². The Morgan fingerprint density at radius 3 is 2.41 bits per heavy atom. The van der Waals surface area contributed by atoms with Crippen LogP contribution in [0.25, 0.3) is 0 Å². The van der Waals surface area contributed by atoms with E-state index in [1.54, 1.807) is 31.3 Å². The van der Waals surface area contributed by atoms with E-state index in [4.69, 9.17) is 16.6 Å². The minimum absolute atomic E-state index is 0.00335. The van der Waals surface area contributed by atoms with Crippen LogP contribution in [0.2, 0.25) is 0 Å². The largest absolute Gasteiger partial charge is 0.480 e. The molecule has 0 saturated heterocycles. The van der Waals surface area contributed by atoms with Gasteiger partial charge < -0.3 is 21.9 Å². The molecule has 0 bridgehead atoms. The Morgan fingerprint density at radius 1 is 1.41 bits per heavy atom. The van der Waals surface area contributed by atoms with Gasteiger partial charge in [-0.1, -0.05) is 12.1 Å². The normalized spacial score (nSPS) is 11.8. The second kappa shape index (κ2) is 5.86. The number of carboxylic acids is 1. The van der Waals surface area contributed by atoms with E-state index in [-0.39, 0.29) is 5.96 Å². The van der Waals surface area contributed by atoms with Gasteiger partial charge in [-0.15, -0.1) is 0 Å². The van der Waals surface area contributed by atoms with E-state index in [1.807, 2.05) is 0 Å². The number of benzene rings is 1. The SMILES string of the molecule is CNC(Cc1ccc(N=C(N)N)cc1)C(=O)O. The van der Waals surface area contributed by atoms with Crippen molar-refractivity contribution in [1.29, 1.82) is 0 Å². The van der Waals surface area contributed by atoms with Crippen LogP contribution in [0.1, 0.15) is 5.56 Å². The van der Waals surface area contributed by atoms with Crippen LogP contribution in [0.5, 0.6) is 0 Å². The highest BCUT2D eigenvalue weighted by molar-refractivity contribution is 5.79. The highest BCUT2D eigenvalue weighted by Gasteiger charge is 2.14. The summed E-state index contributed by atoms with van der Waals surface area (Å²) in [5, 5.41) is 11.6. The van der Waals surface area contributed by atoms with Crippen LogP contribution in [-0.4, -0.2) is 30.1 Å². The molecule has 0 heterocycles. The lowest BCUT2D eigenvalue weighted by molar-refractivity contribution is -0.139. The maximum absolute atomic E-state index is 10.8. The summed E-state index contributed by atoms with van der Waals surface area (Å²) in [7, 11) is 1.62. The molecule has 1 atom stereocenters. The van der Waals surface area contributed by atoms with Crippen LogP contribution >= 0.6 is 0 Å². The van der Waals surface area contributed by atoms with Crippen molar-refractivity contribution in [2.45, 2.75) is 12.5 Å². The number of nitrogens with one attached hydrogen (secondary N) is 1. The van der Waals surface area contributed by atoms with Gasteiger partial charge in [0.15, 0.2) is 5.96 Å². The minimum atomic E-state index is -0.874. The van der Waals surface area contributed by atoms with Crippen molar-refractivity contribution in [2.75, 3.05) is 7.05 Å². The average Bonchev–Trinajstić information content (AvgIpc) is 2.26. The van der Waals surface area contributed by atoms with E-state index in [0.717, 1.165) is 5.56 Å². The number of rotatable bonds is 5. The number of nitrogens with zero attached hydrogens (tertiary/aromatic N) is 1. The van der Waals surface area contributed by atoms with E-state index in [2.05, 4.69) is 10.3 Å². The molecule has 0 radical (unpaired) electrons. The van der Waals surface area contributed by atoms with Crippen LogP contribution in [0.3, 0.4) is 0 Å². The van der Waals surface area contributed by atoms with Crippen molar-refractivity contribution >= 4 is 17.6 Å². The smallest absolute Gasteiger partial charge is 0.321 e. The van der Waals surface area contributed by atoms with Crippen molar-refractivity contribution in [3.05, 3.63) is 29.8 Å². The molecule has 6 nitrogen and oxygen atoms in total. The molecule has 0 spiro atoms. The summed E-state index contributed by atoms with van der Waals surface area (Å²) in [5.74, 6) is -0.878. The molecule has 6 heteroatoms. The fourth-order valence-electron chi connectivity index (χ4n) is 1.40. The van der Waals surface area contributed by atoms with Crippen LogP contribution in [0.15, 0.2) is 29.3 Å². The molecular weight excluding hydrogens is 220 g/mol. The van der Waals surface area contributed by atoms with Crippen LogP contribution in [0, 0.1) is 0 Å². The van der Waals surface area contributed by atoms with Crippen molar-refractivity contribution in [3.63, 3.8) is 0 Å². The van der Waals surface area contributed by atoms with Gasteiger partial charge in [-0.05, 0) is 31.2 Å². The molecule has 1 aromatic rings. The minimum Gasteiger partial charge on any atom is -0.480 e. The van der Waals surface area contributed by atoms with Gasteiger partial charge in [-0.25, -0.2) is 4.99 Å². The first-order valence-corrected chi connectivity index (χ1v) is 5.11. The van der Waals surface area contributed by atoms with Crippen molar-refractivity contribution in [3.8, 4) is 0 Å². The zero-order chi connectivity index (χ0) is 12.8. The topological polar surface area (TPSA) is 114 Å². The van der Waals surface area contributed by atoms with E-state index in [1.165, 1.54) is 0 Å². The predicted molar refractivity (Wildman–Crippen MR) is 66.1 cm³/mol. The maximum Gasteiger partial charge on any atom is 0.321 e. The third kappa shape index (κ3) is 4.12. The van der Waals surface area contributed by atoms with Gasteiger partial charge in [0, 0.05) is 0 Å². The van der Waals surface area contributed by atoms with Crippen molar-refractivity contribution in [2.24, 2.45) is 16.5 Å². The van der Waals surface area contributed by atoms with Gasteiger partial charge in [0.2, 0.25) is 0 Å². The van der Waals surface area contributed by atoms with Crippen molar-refractivity contribution in [1.82, 2.24) is 5.32 Å². The van der Waals surface area contributed by atoms with Gasteiger partial charge in [-0.2, -0.15) is 0 Å². The summed E-state index contributed by atoms with van der Waals surface area (Å²) < 4.78 is 0. The lowest BCUT2D eigenvalue weighted by Gasteiger charge is -2.10. The maximum atomic E-state index is 10.8. The number of hydrogen-bond acceptors (Lipinski definition) is 3. The first-order valence-electron chi connectivity index (χ1n) is 5.11. The standard InChI is InChI=1S/C11H16N4O2/c1-14-9(10(16)17)6-7-2-4-8(5-3-7)15-11(12)13/h2-5,9,14H,6H2,1H3,(H,16,17)(H4,12,13,15). The molecule has 0 saturated carbocycles. The molecule has 92 valence electrons. The summed E-state index contributed by atoms with van der Waals surface area (Å²) in [4.78, 5) is 14.7. The Bertz CT molecular complexity index is 410. The fourth-order valence-corrected chi connectivity index (χ4v) is 1.40. The second-order valence-corrected chi connectivity index (χ2v) is 3.59. The summed E-state index contributed by atoms with van der Waals surface area (Å²) in [6.45, 7) is 0. The van der Waals surface area contributed by atoms with Gasteiger partial charge in [0.25, 0.3) is 0 Å².